The topological polar surface area (TPSA) is 111 Å². The Morgan fingerprint density at radius 2 is 1.65 bits per heavy atom. The quantitative estimate of drug-likeness (QED) is 0.433. The van der Waals surface area contributed by atoms with Crippen molar-refractivity contribution in [2.75, 3.05) is 26.3 Å². The minimum Gasteiger partial charge on any atom is -0.438 e. The molecule has 9 heteroatoms. The standard InChI is InChI=1S/C28H31N3O6/c1-19(2)17-23(36-28(34)31-13-15-35-16-14-31)26(33)29-22(18-32)25-24(20-9-5-3-6-10-20)30-27(37-25)21-11-7-4-8-12-21/h3-12,18-19,22-23H,13-17H2,1-2H3,(H,29,33)/t22-,23?/m1/s1. The van der Waals surface area contributed by atoms with Crippen molar-refractivity contribution < 1.29 is 28.3 Å². The molecule has 2 heterocycles. The molecular formula is C28H31N3O6. The fourth-order valence-corrected chi connectivity index (χ4v) is 4.04. The Labute approximate surface area is 215 Å². The number of carbonyl (C=O) groups is 3. The van der Waals surface area contributed by atoms with Gasteiger partial charge < -0.3 is 28.9 Å². The van der Waals surface area contributed by atoms with Gasteiger partial charge in [-0.25, -0.2) is 9.78 Å². The minimum absolute atomic E-state index is 0.0674. The second-order valence-electron chi connectivity index (χ2n) is 9.19. The number of amides is 2. The zero-order valence-corrected chi connectivity index (χ0v) is 21.0. The zero-order chi connectivity index (χ0) is 26.2. The van der Waals surface area contributed by atoms with E-state index in [4.69, 9.17) is 13.9 Å². The Bertz CT molecular complexity index is 1190. The summed E-state index contributed by atoms with van der Waals surface area (Å²) < 4.78 is 16.9. The molecule has 1 fully saturated rings. The summed E-state index contributed by atoms with van der Waals surface area (Å²) in [6, 6.07) is 17.5. The summed E-state index contributed by atoms with van der Waals surface area (Å²) >= 11 is 0. The molecule has 0 saturated carbocycles. The first kappa shape index (κ1) is 26.1. The van der Waals surface area contributed by atoms with Crippen LogP contribution in [0, 0.1) is 5.92 Å². The molecule has 0 aliphatic carbocycles. The third kappa shape index (κ3) is 6.62. The Morgan fingerprint density at radius 1 is 1.03 bits per heavy atom. The first-order valence-electron chi connectivity index (χ1n) is 12.4. The van der Waals surface area contributed by atoms with Crippen molar-refractivity contribution in [2.24, 2.45) is 5.92 Å². The Kier molecular flexibility index (Phi) is 8.68. The van der Waals surface area contributed by atoms with Crippen LogP contribution in [0.15, 0.2) is 65.1 Å². The van der Waals surface area contributed by atoms with E-state index in [2.05, 4.69) is 10.3 Å². The molecular weight excluding hydrogens is 474 g/mol. The van der Waals surface area contributed by atoms with Crippen molar-refractivity contribution in [3.63, 3.8) is 0 Å². The summed E-state index contributed by atoms with van der Waals surface area (Å²) in [5.41, 5.74) is 1.92. The highest BCUT2D eigenvalue weighted by molar-refractivity contribution is 5.86. The smallest absolute Gasteiger partial charge is 0.410 e. The summed E-state index contributed by atoms with van der Waals surface area (Å²) in [5, 5.41) is 2.71. The van der Waals surface area contributed by atoms with Crippen molar-refractivity contribution >= 4 is 18.3 Å². The molecule has 0 radical (unpaired) electrons. The first-order chi connectivity index (χ1) is 18.0. The van der Waals surface area contributed by atoms with Crippen LogP contribution in [-0.2, 0) is 19.1 Å². The van der Waals surface area contributed by atoms with Crippen molar-refractivity contribution in [2.45, 2.75) is 32.4 Å². The van der Waals surface area contributed by atoms with Gasteiger partial charge in [0.2, 0.25) is 5.89 Å². The van der Waals surface area contributed by atoms with Gasteiger partial charge in [0.1, 0.15) is 18.0 Å². The molecule has 9 nitrogen and oxygen atoms in total. The van der Waals surface area contributed by atoms with Crippen LogP contribution in [0.4, 0.5) is 4.79 Å². The summed E-state index contributed by atoms with van der Waals surface area (Å²) in [6.45, 7) is 5.48. The number of rotatable bonds is 9. The number of morpholine rings is 1. The highest BCUT2D eigenvalue weighted by Crippen LogP contribution is 2.32. The van der Waals surface area contributed by atoms with E-state index in [1.807, 2.05) is 74.5 Å². The van der Waals surface area contributed by atoms with E-state index in [0.29, 0.717) is 50.6 Å². The molecule has 1 aliphatic rings. The number of oxazole rings is 1. The van der Waals surface area contributed by atoms with Crippen LogP contribution < -0.4 is 5.32 Å². The number of aromatic nitrogens is 1. The fourth-order valence-electron chi connectivity index (χ4n) is 4.04. The molecule has 2 aromatic carbocycles. The number of aldehydes is 1. The van der Waals surface area contributed by atoms with Gasteiger partial charge in [-0.05, 0) is 24.5 Å². The minimum atomic E-state index is -1.13. The normalized spacial score (nSPS) is 15.2. The molecule has 2 atom stereocenters. The Balaban J connectivity index is 1.60. The number of carbonyl (C=O) groups excluding carboxylic acids is 3. The van der Waals surface area contributed by atoms with Gasteiger partial charge in [-0.15, -0.1) is 0 Å². The van der Waals surface area contributed by atoms with Gasteiger partial charge in [0.25, 0.3) is 5.91 Å². The van der Waals surface area contributed by atoms with Crippen LogP contribution in [0.25, 0.3) is 22.7 Å². The molecule has 37 heavy (non-hydrogen) atoms. The highest BCUT2D eigenvalue weighted by Gasteiger charge is 2.32. The van der Waals surface area contributed by atoms with Crippen molar-refractivity contribution in [1.82, 2.24) is 15.2 Å². The predicted octanol–water partition coefficient (Wildman–Crippen LogP) is 4.25. The van der Waals surface area contributed by atoms with Gasteiger partial charge in [-0.1, -0.05) is 62.4 Å². The number of nitrogens with one attached hydrogen (secondary N) is 1. The van der Waals surface area contributed by atoms with Crippen LogP contribution in [0.5, 0.6) is 0 Å². The van der Waals surface area contributed by atoms with E-state index in [-0.39, 0.29) is 11.7 Å². The SMILES string of the molecule is CC(C)CC(OC(=O)N1CCOCC1)C(=O)N[C@H](C=O)c1oc(-c2ccccc2)nc1-c1ccccc1. The van der Waals surface area contributed by atoms with Crippen molar-refractivity contribution in [3.05, 3.63) is 66.4 Å². The molecule has 1 aromatic heterocycles. The molecule has 1 aliphatic heterocycles. The highest BCUT2D eigenvalue weighted by atomic mass is 16.6. The van der Waals surface area contributed by atoms with Gasteiger partial charge in [-0.3, -0.25) is 4.79 Å². The number of hydrogen-bond donors (Lipinski definition) is 1. The third-order valence-electron chi connectivity index (χ3n) is 5.93. The van der Waals surface area contributed by atoms with Crippen LogP contribution in [0.1, 0.15) is 32.1 Å². The van der Waals surface area contributed by atoms with Gasteiger partial charge in [0.15, 0.2) is 11.9 Å². The second-order valence-corrected chi connectivity index (χ2v) is 9.19. The molecule has 2 amide bonds. The molecule has 1 unspecified atom stereocenters. The maximum atomic E-state index is 13.3. The maximum absolute atomic E-state index is 13.3. The van der Waals surface area contributed by atoms with E-state index in [0.717, 1.165) is 11.1 Å². The van der Waals surface area contributed by atoms with Gasteiger partial charge >= 0.3 is 6.09 Å². The Hall–Kier alpha value is -3.98. The predicted molar refractivity (Wildman–Crippen MR) is 136 cm³/mol. The van der Waals surface area contributed by atoms with Gasteiger partial charge in [-0.2, -0.15) is 0 Å². The average Bonchev–Trinajstić information content (AvgIpc) is 3.38. The lowest BCUT2D eigenvalue weighted by Crippen LogP contribution is -2.46. The van der Waals surface area contributed by atoms with E-state index >= 15 is 0 Å². The summed E-state index contributed by atoms with van der Waals surface area (Å²) in [5.74, 6) is 0.0195. The van der Waals surface area contributed by atoms with Crippen molar-refractivity contribution in [3.8, 4) is 22.7 Å². The summed E-state index contributed by atoms with van der Waals surface area (Å²) in [6.07, 6.45) is -0.766. The summed E-state index contributed by atoms with van der Waals surface area (Å²) in [4.78, 5) is 44.4. The van der Waals surface area contributed by atoms with Crippen LogP contribution >= 0.6 is 0 Å². The van der Waals surface area contributed by atoms with Gasteiger partial charge in [0.05, 0.1) is 13.2 Å². The lowest BCUT2D eigenvalue weighted by atomic mass is 10.0. The lowest BCUT2D eigenvalue weighted by Gasteiger charge is -2.28. The molecule has 4 rings (SSSR count). The second kappa shape index (κ2) is 12.3. The van der Waals surface area contributed by atoms with Crippen LogP contribution in [0.3, 0.4) is 0 Å². The first-order valence-corrected chi connectivity index (χ1v) is 12.4. The van der Waals surface area contributed by atoms with Crippen LogP contribution in [-0.4, -0.2) is 60.6 Å². The van der Waals surface area contributed by atoms with Gasteiger partial charge in [0, 0.05) is 24.2 Å². The van der Waals surface area contributed by atoms with E-state index < -0.39 is 24.1 Å². The van der Waals surface area contributed by atoms with Crippen molar-refractivity contribution in [1.29, 1.82) is 0 Å². The van der Waals surface area contributed by atoms with E-state index in [1.54, 1.807) is 0 Å². The van der Waals surface area contributed by atoms with E-state index in [1.165, 1.54) is 4.90 Å². The number of benzene rings is 2. The molecule has 194 valence electrons. The maximum Gasteiger partial charge on any atom is 0.410 e. The molecule has 0 bridgehead atoms. The summed E-state index contributed by atoms with van der Waals surface area (Å²) in [7, 11) is 0. The molecule has 3 aromatic rings. The average molecular weight is 506 g/mol. The number of hydrogen-bond acceptors (Lipinski definition) is 7. The Morgan fingerprint density at radius 3 is 2.24 bits per heavy atom. The molecule has 0 spiro atoms. The fraction of sp³-hybridized carbons (Fsp3) is 0.357. The monoisotopic (exact) mass is 505 g/mol. The van der Waals surface area contributed by atoms with E-state index in [9.17, 15) is 14.4 Å². The van der Waals surface area contributed by atoms with Crippen LogP contribution in [0.2, 0.25) is 0 Å². The third-order valence-corrected chi connectivity index (χ3v) is 5.93. The largest absolute Gasteiger partial charge is 0.438 e. The molecule has 1 N–H and O–H groups in total. The number of ether oxygens (including phenoxy) is 2. The number of nitrogens with zero attached hydrogens (tertiary/aromatic N) is 2. The lowest BCUT2D eigenvalue weighted by molar-refractivity contribution is -0.133. The molecule has 1 saturated heterocycles. The zero-order valence-electron chi connectivity index (χ0n) is 21.0.